The number of ether oxygens (including phenoxy) is 2. The van der Waals surface area contributed by atoms with E-state index in [0.717, 1.165) is 0 Å². The van der Waals surface area contributed by atoms with E-state index in [0.29, 0.717) is 25.2 Å². The molecule has 1 aromatic rings. The van der Waals surface area contributed by atoms with Crippen LogP contribution in [-0.4, -0.2) is 37.3 Å². The third-order valence-corrected chi connectivity index (χ3v) is 2.98. The maximum absolute atomic E-state index is 11.9. The van der Waals surface area contributed by atoms with Crippen LogP contribution in [0.1, 0.15) is 18.9 Å². The standard InChI is InChI=1S/C13H18Cl2N2O3/c1-3-19-5-4-10(16-2)13(18)20-8-9-6-11(14)17-12(15)7-9/h6-7,10,16H,3-5,8H2,1-2H3/t10-/m0/s1. The first kappa shape index (κ1) is 17.2. The molecule has 20 heavy (non-hydrogen) atoms. The van der Waals surface area contributed by atoms with Crippen LogP contribution >= 0.6 is 23.2 Å². The van der Waals surface area contributed by atoms with Gasteiger partial charge in [0, 0.05) is 13.2 Å². The molecule has 0 spiro atoms. The van der Waals surface area contributed by atoms with Gasteiger partial charge in [0.15, 0.2) is 0 Å². The van der Waals surface area contributed by atoms with E-state index in [4.69, 9.17) is 32.7 Å². The van der Waals surface area contributed by atoms with E-state index in [1.807, 2.05) is 6.92 Å². The van der Waals surface area contributed by atoms with Gasteiger partial charge >= 0.3 is 5.97 Å². The summed E-state index contributed by atoms with van der Waals surface area (Å²) in [6.07, 6.45) is 0.557. The van der Waals surface area contributed by atoms with Crippen molar-refractivity contribution in [2.24, 2.45) is 0 Å². The van der Waals surface area contributed by atoms with Crippen LogP contribution < -0.4 is 5.32 Å². The molecule has 0 unspecified atom stereocenters. The van der Waals surface area contributed by atoms with Crippen LogP contribution in [0.2, 0.25) is 10.3 Å². The van der Waals surface area contributed by atoms with Gasteiger partial charge in [0.1, 0.15) is 23.0 Å². The van der Waals surface area contributed by atoms with E-state index in [2.05, 4.69) is 10.3 Å². The number of nitrogens with zero attached hydrogens (tertiary/aromatic N) is 1. The van der Waals surface area contributed by atoms with Crippen molar-refractivity contribution in [3.05, 3.63) is 28.0 Å². The maximum atomic E-state index is 11.9. The number of rotatable bonds is 8. The second-order valence-corrected chi connectivity index (χ2v) is 4.83. The third kappa shape index (κ3) is 6.05. The molecule has 0 aliphatic carbocycles. The molecule has 1 aromatic heterocycles. The predicted octanol–water partition coefficient (Wildman–Crippen LogP) is 2.45. The van der Waals surface area contributed by atoms with Crippen molar-refractivity contribution in [3.63, 3.8) is 0 Å². The zero-order valence-electron chi connectivity index (χ0n) is 11.5. The SMILES string of the molecule is CCOCC[C@H](NC)C(=O)OCc1cc(Cl)nc(Cl)c1. The topological polar surface area (TPSA) is 60.5 Å². The first-order valence-electron chi connectivity index (χ1n) is 6.30. The number of hydrogen-bond donors (Lipinski definition) is 1. The Hall–Kier alpha value is -0.880. The lowest BCUT2D eigenvalue weighted by Crippen LogP contribution is -2.36. The second-order valence-electron chi connectivity index (χ2n) is 4.06. The maximum Gasteiger partial charge on any atom is 0.323 e. The van der Waals surface area contributed by atoms with Crippen molar-refractivity contribution < 1.29 is 14.3 Å². The zero-order valence-corrected chi connectivity index (χ0v) is 13.0. The van der Waals surface area contributed by atoms with Gasteiger partial charge in [-0.2, -0.15) is 0 Å². The molecule has 1 rings (SSSR count). The van der Waals surface area contributed by atoms with Crippen molar-refractivity contribution >= 4 is 29.2 Å². The number of carbonyl (C=O) groups excluding carboxylic acids is 1. The molecule has 7 heteroatoms. The highest BCUT2D eigenvalue weighted by Gasteiger charge is 2.17. The molecule has 0 radical (unpaired) electrons. The lowest BCUT2D eigenvalue weighted by atomic mass is 10.2. The van der Waals surface area contributed by atoms with Crippen molar-refractivity contribution in [2.45, 2.75) is 26.0 Å². The normalized spacial score (nSPS) is 12.2. The van der Waals surface area contributed by atoms with E-state index in [1.54, 1.807) is 19.2 Å². The summed E-state index contributed by atoms with van der Waals surface area (Å²) in [4.78, 5) is 15.7. The largest absolute Gasteiger partial charge is 0.460 e. The molecule has 0 saturated carbocycles. The molecule has 0 aliphatic heterocycles. The zero-order chi connectivity index (χ0) is 15.0. The Labute approximate surface area is 128 Å². The highest BCUT2D eigenvalue weighted by Crippen LogP contribution is 2.15. The van der Waals surface area contributed by atoms with Gasteiger partial charge < -0.3 is 14.8 Å². The van der Waals surface area contributed by atoms with Crippen LogP contribution in [0, 0.1) is 0 Å². The summed E-state index contributed by atoms with van der Waals surface area (Å²) >= 11 is 11.5. The summed E-state index contributed by atoms with van der Waals surface area (Å²) in [6, 6.07) is 2.82. The predicted molar refractivity (Wildman–Crippen MR) is 78.0 cm³/mol. The van der Waals surface area contributed by atoms with E-state index in [1.165, 1.54) is 0 Å². The van der Waals surface area contributed by atoms with Crippen LogP contribution in [0.5, 0.6) is 0 Å². The number of carbonyl (C=O) groups is 1. The van der Waals surface area contributed by atoms with E-state index in [-0.39, 0.29) is 22.9 Å². The Morgan fingerprint density at radius 1 is 1.40 bits per heavy atom. The second kappa shape index (κ2) is 9.13. The quantitative estimate of drug-likeness (QED) is 0.453. The molecule has 0 fully saturated rings. The number of likely N-dealkylation sites (N-methyl/N-ethyl adjacent to an activating group) is 1. The van der Waals surface area contributed by atoms with Gasteiger partial charge in [-0.1, -0.05) is 23.2 Å². The number of esters is 1. The Morgan fingerprint density at radius 2 is 2.05 bits per heavy atom. The van der Waals surface area contributed by atoms with Gasteiger partial charge in [0.25, 0.3) is 0 Å². The summed E-state index contributed by atoms with van der Waals surface area (Å²) < 4.78 is 10.4. The molecule has 0 saturated heterocycles. The average Bonchev–Trinajstić information content (AvgIpc) is 2.40. The fourth-order valence-corrected chi connectivity index (χ4v) is 2.08. The highest BCUT2D eigenvalue weighted by atomic mass is 35.5. The molecular formula is C13H18Cl2N2O3. The Bertz CT molecular complexity index is 423. The molecule has 0 aromatic carbocycles. The number of halogens is 2. The minimum absolute atomic E-state index is 0.105. The van der Waals surface area contributed by atoms with Crippen LogP contribution in [0.3, 0.4) is 0 Å². The molecular weight excluding hydrogens is 303 g/mol. The van der Waals surface area contributed by atoms with E-state index in [9.17, 15) is 4.79 Å². The molecule has 1 heterocycles. The van der Waals surface area contributed by atoms with Crippen molar-refractivity contribution in [2.75, 3.05) is 20.3 Å². The molecule has 112 valence electrons. The summed E-state index contributed by atoms with van der Waals surface area (Å²) in [7, 11) is 1.71. The van der Waals surface area contributed by atoms with Gasteiger partial charge in [-0.3, -0.25) is 4.79 Å². The molecule has 0 aliphatic rings. The lowest BCUT2D eigenvalue weighted by molar-refractivity contribution is -0.147. The van der Waals surface area contributed by atoms with Crippen LogP contribution in [0.15, 0.2) is 12.1 Å². The lowest BCUT2D eigenvalue weighted by Gasteiger charge is -2.15. The molecule has 0 amide bonds. The van der Waals surface area contributed by atoms with Gasteiger partial charge in [-0.15, -0.1) is 0 Å². The molecule has 5 nitrogen and oxygen atoms in total. The van der Waals surface area contributed by atoms with Crippen molar-refractivity contribution in [1.29, 1.82) is 0 Å². The first-order valence-corrected chi connectivity index (χ1v) is 7.06. The van der Waals surface area contributed by atoms with Crippen LogP contribution in [-0.2, 0) is 20.9 Å². The van der Waals surface area contributed by atoms with E-state index < -0.39 is 6.04 Å². The molecule has 0 bridgehead atoms. The molecule has 1 N–H and O–H groups in total. The summed E-state index contributed by atoms with van der Waals surface area (Å²) in [5, 5.41) is 3.44. The van der Waals surface area contributed by atoms with Crippen LogP contribution in [0.25, 0.3) is 0 Å². The van der Waals surface area contributed by atoms with Crippen molar-refractivity contribution in [3.8, 4) is 0 Å². The summed E-state index contributed by atoms with van der Waals surface area (Å²) in [6.45, 7) is 3.14. The van der Waals surface area contributed by atoms with Gasteiger partial charge in [0.05, 0.1) is 0 Å². The highest BCUT2D eigenvalue weighted by molar-refractivity contribution is 6.32. The Kier molecular flexibility index (Phi) is 7.84. The fraction of sp³-hybridized carbons (Fsp3) is 0.538. The van der Waals surface area contributed by atoms with Gasteiger partial charge in [-0.05, 0) is 38.1 Å². The minimum Gasteiger partial charge on any atom is -0.460 e. The average molecular weight is 321 g/mol. The fourth-order valence-electron chi connectivity index (χ4n) is 1.58. The van der Waals surface area contributed by atoms with Gasteiger partial charge in [-0.25, -0.2) is 4.98 Å². The van der Waals surface area contributed by atoms with E-state index >= 15 is 0 Å². The third-order valence-electron chi connectivity index (χ3n) is 2.59. The van der Waals surface area contributed by atoms with Gasteiger partial charge in [0.2, 0.25) is 0 Å². The number of pyridine rings is 1. The smallest absolute Gasteiger partial charge is 0.323 e. The molecule has 1 atom stereocenters. The monoisotopic (exact) mass is 320 g/mol. The Morgan fingerprint density at radius 3 is 2.60 bits per heavy atom. The Balaban J connectivity index is 2.47. The number of hydrogen-bond acceptors (Lipinski definition) is 5. The summed E-state index contributed by atoms with van der Waals surface area (Å²) in [5.74, 6) is -0.337. The first-order chi connectivity index (χ1) is 9.56. The minimum atomic E-state index is -0.394. The number of aromatic nitrogens is 1. The number of nitrogens with one attached hydrogen (secondary N) is 1. The van der Waals surface area contributed by atoms with Crippen LogP contribution in [0.4, 0.5) is 0 Å². The van der Waals surface area contributed by atoms with Crippen molar-refractivity contribution in [1.82, 2.24) is 10.3 Å². The summed E-state index contributed by atoms with van der Waals surface area (Å²) in [5.41, 5.74) is 0.697.